The zero-order chi connectivity index (χ0) is 10.4. The van der Waals surface area contributed by atoms with Crippen molar-refractivity contribution in [3.05, 3.63) is 73.4 Å². The quantitative estimate of drug-likeness (QED) is 0.582. The van der Waals surface area contributed by atoms with Gasteiger partial charge in [0.05, 0.1) is 0 Å². The van der Waals surface area contributed by atoms with Crippen molar-refractivity contribution in [2.24, 2.45) is 5.41 Å². The molecule has 0 heterocycles. The van der Waals surface area contributed by atoms with Gasteiger partial charge in [-0.1, -0.05) is 67.8 Å². The van der Waals surface area contributed by atoms with Crippen molar-refractivity contribution in [3.63, 3.8) is 0 Å². The van der Waals surface area contributed by atoms with Crippen LogP contribution in [0, 0.1) is 5.41 Å². The van der Waals surface area contributed by atoms with Crippen LogP contribution < -0.4 is 0 Å². The van der Waals surface area contributed by atoms with E-state index >= 15 is 0 Å². The average Bonchev–Trinajstić information content (AvgIpc) is 2.40. The Morgan fingerprint density at radius 2 is 1.64 bits per heavy atom. The minimum absolute atomic E-state index is 0.0700. The molecule has 1 aliphatic carbocycles. The molecule has 0 amide bonds. The second-order valence-electron chi connectivity index (χ2n) is 3.45. The highest BCUT2D eigenvalue weighted by atomic mass is 14.2. The Balaban J connectivity index is 3.10. The van der Waals surface area contributed by atoms with Crippen molar-refractivity contribution in [1.82, 2.24) is 0 Å². The molecule has 0 aliphatic heterocycles. The molecule has 0 saturated heterocycles. The SMILES string of the molecule is C=C/C=C(\C=C)C1(C)C=CC=CC=C1. The van der Waals surface area contributed by atoms with E-state index in [1.807, 2.05) is 24.3 Å². The van der Waals surface area contributed by atoms with E-state index in [2.05, 4.69) is 44.4 Å². The number of hydrogen-bond donors (Lipinski definition) is 0. The largest absolute Gasteiger partial charge is 0.0991 e. The summed E-state index contributed by atoms with van der Waals surface area (Å²) in [6.45, 7) is 9.69. The van der Waals surface area contributed by atoms with E-state index in [1.54, 1.807) is 6.08 Å². The molecular weight excluding hydrogens is 168 g/mol. The fourth-order valence-electron chi connectivity index (χ4n) is 1.48. The summed E-state index contributed by atoms with van der Waals surface area (Å²) in [5.41, 5.74) is 1.09. The van der Waals surface area contributed by atoms with Crippen LogP contribution >= 0.6 is 0 Å². The van der Waals surface area contributed by atoms with Gasteiger partial charge in [0.1, 0.15) is 0 Å². The second-order valence-corrected chi connectivity index (χ2v) is 3.45. The van der Waals surface area contributed by atoms with Crippen LogP contribution in [0.2, 0.25) is 0 Å². The second kappa shape index (κ2) is 4.61. The lowest BCUT2D eigenvalue weighted by Crippen LogP contribution is -2.11. The van der Waals surface area contributed by atoms with Gasteiger partial charge in [-0.25, -0.2) is 0 Å². The zero-order valence-electron chi connectivity index (χ0n) is 8.61. The van der Waals surface area contributed by atoms with Crippen molar-refractivity contribution < 1.29 is 0 Å². The smallest absolute Gasteiger partial charge is 0.0289 e. The highest BCUT2D eigenvalue weighted by Gasteiger charge is 2.20. The first-order valence-corrected chi connectivity index (χ1v) is 4.72. The molecule has 72 valence electrons. The minimum Gasteiger partial charge on any atom is -0.0991 e. The Morgan fingerprint density at radius 1 is 1.07 bits per heavy atom. The molecule has 1 rings (SSSR count). The van der Waals surface area contributed by atoms with E-state index in [9.17, 15) is 0 Å². The summed E-state index contributed by atoms with van der Waals surface area (Å²) < 4.78 is 0. The van der Waals surface area contributed by atoms with E-state index in [0.717, 1.165) is 5.57 Å². The molecule has 0 saturated carbocycles. The number of hydrogen-bond acceptors (Lipinski definition) is 0. The maximum Gasteiger partial charge on any atom is 0.0289 e. The van der Waals surface area contributed by atoms with E-state index in [-0.39, 0.29) is 5.41 Å². The maximum atomic E-state index is 3.83. The van der Waals surface area contributed by atoms with Crippen molar-refractivity contribution in [3.8, 4) is 0 Å². The summed E-state index contributed by atoms with van der Waals surface area (Å²) in [5, 5.41) is 0. The van der Waals surface area contributed by atoms with Crippen LogP contribution in [-0.2, 0) is 0 Å². The van der Waals surface area contributed by atoms with Gasteiger partial charge >= 0.3 is 0 Å². The topological polar surface area (TPSA) is 0 Å². The first kappa shape index (κ1) is 10.5. The summed E-state index contributed by atoms with van der Waals surface area (Å²) in [5.74, 6) is 0. The molecule has 0 nitrogen and oxygen atoms in total. The van der Waals surface area contributed by atoms with Crippen molar-refractivity contribution in [1.29, 1.82) is 0 Å². The normalized spacial score (nSPS) is 19.1. The van der Waals surface area contributed by atoms with Gasteiger partial charge < -0.3 is 0 Å². The number of rotatable bonds is 3. The first-order chi connectivity index (χ1) is 6.73. The Hall–Kier alpha value is -1.56. The highest BCUT2D eigenvalue weighted by Crippen LogP contribution is 2.32. The molecule has 0 bridgehead atoms. The van der Waals surface area contributed by atoms with Gasteiger partial charge in [0.15, 0.2) is 0 Å². The van der Waals surface area contributed by atoms with Crippen LogP contribution in [0.15, 0.2) is 73.4 Å². The van der Waals surface area contributed by atoms with Gasteiger partial charge in [0, 0.05) is 5.41 Å². The molecule has 0 atom stereocenters. The number of allylic oxidation sites excluding steroid dienone is 10. The lowest BCUT2D eigenvalue weighted by atomic mass is 9.81. The molecule has 1 aliphatic rings. The predicted octanol–water partition coefficient (Wildman–Crippen LogP) is 3.97. The summed E-state index contributed by atoms with van der Waals surface area (Å²) in [4.78, 5) is 0. The first-order valence-electron chi connectivity index (χ1n) is 4.72. The molecule has 14 heavy (non-hydrogen) atoms. The van der Waals surface area contributed by atoms with Crippen LogP contribution in [0.1, 0.15) is 6.92 Å². The maximum absolute atomic E-state index is 3.83. The average molecular weight is 184 g/mol. The van der Waals surface area contributed by atoms with Crippen LogP contribution in [-0.4, -0.2) is 0 Å². The molecule has 0 unspecified atom stereocenters. The Morgan fingerprint density at radius 3 is 2.07 bits per heavy atom. The van der Waals surface area contributed by atoms with E-state index in [0.29, 0.717) is 0 Å². The van der Waals surface area contributed by atoms with Crippen LogP contribution in [0.4, 0.5) is 0 Å². The summed E-state index contributed by atoms with van der Waals surface area (Å²) in [7, 11) is 0. The highest BCUT2D eigenvalue weighted by molar-refractivity contribution is 5.40. The molecule has 0 fully saturated rings. The van der Waals surface area contributed by atoms with E-state index in [1.165, 1.54) is 0 Å². The summed E-state index contributed by atoms with van der Waals surface area (Å²) in [6, 6.07) is 0. The third-order valence-corrected chi connectivity index (χ3v) is 2.36. The fraction of sp³-hybridized carbons (Fsp3) is 0.143. The third kappa shape index (κ3) is 2.23. The van der Waals surface area contributed by atoms with Gasteiger partial charge in [0.25, 0.3) is 0 Å². The van der Waals surface area contributed by atoms with Crippen LogP contribution in [0.3, 0.4) is 0 Å². The molecule has 0 N–H and O–H groups in total. The Labute approximate surface area is 86.3 Å². The minimum atomic E-state index is -0.0700. The van der Waals surface area contributed by atoms with Gasteiger partial charge in [-0.2, -0.15) is 0 Å². The van der Waals surface area contributed by atoms with Crippen LogP contribution in [0.25, 0.3) is 0 Å². The monoisotopic (exact) mass is 184 g/mol. The lowest BCUT2D eigenvalue weighted by molar-refractivity contribution is 0.682. The predicted molar refractivity (Wildman–Crippen MR) is 64.0 cm³/mol. The van der Waals surface area contributed by atoms with Gasteiger partial charge in [0.2, 0.25) is 0 Å². The Bertz CT molecular complexity index is 319. The van der Waals surface area contributed by atoms with Crippen LogP contribution in [0.5, 0.6) is 0 Å². The molecule has 0 spiro atoms. The molecular formula is C14H16. The van der Waals surface area contributed by atoms with Gasteiger partial charge in [-0.15, -0.1) is 0 Å². The standard InChI is InChI=1S/C14H16/c1-4-10-13(5-2)14(3)11-8-6-7-9-12-14/h4-12H,1-2H2,3H3/b13-10+. The van der Waals surface area contributed by atoms with Crippen molar-refractivity contribution in [2.75, 3.05) is 0 Å². The molecule has 0 radical (unpaired) electrons. The van der Waals surface area contributed by atoms with Crippen molar-refractivity contribution >= 4 is 0 Å². The summed E-state index contributed by atoms with van der Waals surface area (Å²) in [6.07, 6.45) is 18.1. The van der Waals surface area contributed by atoms with E-state index in [4.69, 9.17) is 0 Å². The van der Waals surface area contributed by atoms with Gasteiger partial charge in [-0.05, 0) is 12.5 Å². The molecule has 0 aromatic rings. The molecule has 0 aromatic heterocycles. The zero-order valence-corrected chi connectivity index (χ0v) is 8.61. The van der Waals surface area contributed by atoms with Crippen molar-refractivity contribution in [2.45, 2.75) is 6.92 Å². The summed E-state index contributed by atoms with van der Waals surface area (Å²) >= 11 is 0. The third-order valence-electron chi connectivity index (χ3n) is 2.36. The molecule has 0 aromatic carbocycles. The molecule has 0 heteroatoms. The fourth-order valence-corrected chi connectivity index (χ4v) is 1.48. The van der Waals surface area contributed by atoms with Gasteiger partial charge in [-0.3, -0.25) is 0 Å². The van der Waals surface area contributed by atoms with E-state index < -0.39 is 0 Å². The Kier molecular flexibility index (Phi) is 3.47. The lowest BCUT2D eigenvalue weighted by Gasteiger charge is -2.22.